The number of nitrogens with zero attached hydrogens (tertiary/aromatic N) is 1. The highest BCUT2D eigenvalue weighted by Crippen LogP contribution is 2.27. The minimum Gasteiger partial charge on any atom is -0.495 e. The molecule has 1 aromatic rings. The van der Waals surface area contributed by atoms with Crippen molar-refractivity contribution >= 4 is 16.5 Å². The van der Waals surface area contributed by atoms with Crippen molar-refractivity contribution in [1.29, 1.82) is 5.26 Å². The topological polar surface area (TPSA) is 76.1 Å². The van der Waals surface area contributed by atoms with E-state index in [-0.39, 0.29) is 0 Å². The summed E-state index contributed by atoms with van der Waals surface area (Å²) in [5.41, 5.74) is 6.14. The van der Waals surface area contributed by atoms with E-state index in [2.05, 4.69) is 0 Å². The van der Waals surface area contributed by atoms with Crippen LogP contribution in [0.3, 0.4) is 0 Å². The molecule has 4 nitrogen and oxygen atoms in total. The number of nitrogens with two attached hydrogens (primary N) is 1. The zero-order chi connectivity index (χ0) is 12.1. The van der Waals surface area contributed by atoms with Crippen LogP contribution in [0.15, 0.2) is 23.1 Å². The number of rotatable bonds is 4. The lowest BCUT2D eigenvalue weighted by Gasteiger charge is -2.11. The van der Waals surface area contributed by atoms with Gasteiger partial charge in [-0.1, -0.05) is 6.92 Å². The summed E-state index contributed by atoms with van der Waals surface area (Å²) in [4.78, 5) is 0.519. The maximum Gasteiger partial charge on any atom is 0.137 e. The van der Waals surface area contributed by atoms with Gasteiger partial charge in [0.05, 0.1) is 28.9 Å². The van der Waals surface area contributed by atoms with E-state index >= 15 is 0 Å². The van der Waals surface area contributed by atoms with Crippen LogP contribution in [-0.2, 0) is 10.8 Å². The second-order valence-electron chi connectivity index (χ2n) is 3.23. The van der Waals surface area contributed by atoms with Gasteiger partial charge in [0, 0.05) is 11.8 Å². The Labute approximate surface area is 97.5 Å². The van der Waals surface area contributed by atoms with E-state index in [9.17, 15) is 4.21 Å². The van der Waals surface area contributed by atoms with Gasteiger partial charge in [-0.25, -0.2) is 0 Å². The van der Waals surface area contributed by atoms with Gasteiger partial charge < -0.3 is 10.5 Å². The minimum atomic E-state index is -1.38. The predicted octanol–water partition coefficient (Wildman–Crippen LogP) is 1.69. The number of ether oxygens (including phenoxy) is 1. The molecule has 0 radical (unpaired) electrons. The van der Waals surface area contributed by atoms with E-state index in [0.717, 1.165) is 0 Å². The molecule has 2 N–H and O–H groups in total. The second-order valence-corrected chi connectivity index (χ2v) is 4.84. The second kappa shape index (κ2) is 5.52. The molecule has 0 aromatic heterocycles. The fraction of sp³-hybridized carbons (Fsp3) is 0.364. The van der Waals surface area contributed by atoms with Crippen LogP contribution < -0.4 is 10.5 Å². The maximum atomic E-state index is 12.1. The Kier molecular flexibility index (Phi) is 4.32. The fourth-order valence-electron chi connectivity index (χ4n) is 1.29. The number of benzene rings is 1. The summed E-state index contributed by atoms with van der Waals surface area (Å²) in [5, 5.41) is 8.35. The number of hydrogen-bond acceptors (Lipinski definition) is 4. The number of nitrogen functional groups attached to an aromatic ring is 1. The van der Waals surface area contributed by atoms with Gasteiger partial charge in [-0.2, -0.15) is 5.26 Å². The van der Waals surface area contributed by atoms with Gasteiger partial charge in [0.2, 0.25) is 0 Å². The summed E-state index contributed by atoms with van der Waals surface area (Å²) in [7, 11) is 0.106. The summed E-state index contributed by atoms with van der Waals surface area (Å²) in [6.07, 6.45) is 0.538. The Hall–Kier alpha value is -1.54. The average molecular weight is 238 g/mol. The molecule has 86 valence electrons. The Bertz CT molecular complexity index is 440. The van der Waals surface area contributed by atoms with Gasteiger partial charge in [0.25, 0.3) is 0 Å². The Morgan fingerprint density at radius 3 is 2.81 bits per heavy atom. The molecule has 5 heteroatoms. The van der Waals surface area contributed by atoms with E-state index in [0.29, 0.717) is 22.8 Å². The molecule has 2 unspecified atom stereocenters. The van der Waals surface area contributed by atoms with Gasteiger partial charge >= 0.3 is 0 Å². The van der Waals surface area contributed by atoms with Crippen molar-refractivity contribution in [3.8, 4) is 11.8 Å². The quantitative estimate of drug-likeness (QED) is 0.810. The Balaban J connectivity index is 3.13. The zero-order valence-corrected chi connectivity index (χ0v) is 10.1. The first-order valence-corrected chi connectivity index (χ1v) is 6.09. The molecule has 1 rings (SSSR count). The molecule has 0 saturated heterocycles. The molecule has 0 heterocycles. The molecule has 0 aliphatic carbocycles. The number of nitriles is 1. The van der Waals surface area contributed by atoms with Crippen LogP contribution in [0.1, 0.15) is 13.3 Å². The van der Waals surface area contributed by atoms with Gasteiger partial charge in [-0.15, -0.1) is 0 Å². The summed E-state index contributed by atoms with van der Waals surface area (Å²) in [5.74, 6) is 0.465. The molecule has 0 bridgehead atoms. The van der Waals surface area contributed by atoms with E-state index in [1.54, 1.807) is 18.2 Å². The summed E-state index contributed by atoms with van der Waals surface area (Å²) in [6, 6.07) is 6.93. The van der Waals surface area contributed by atoms with Crippen LogP contribution in [0, 0.1) is 11.3 Å². The molecule has 0 aliphatic heterocycles. The van der Waals surface area contributed by atoms with Crippen LogP contribution in [-0.4, -0.2) is 16.6 Å². The van der Waals surface area contributed by atoms with Crippen molar-refractivity contribution in [2.24, 2.45) is 0 Å². The molecule has 0 fully saturated rings. The third-order valence-corrected chi connectivity index (χ3v) is 3.90. The van der Waals surface area contributed by atoms with Crippen LogP contribution in [0.2, 0.25) is 0 Å². The van der Waals surface area contributed by atoms with Crippen LogP contribution >= 0.6 is 0 Å². The first-order chi connectivity index (χ1) is 7.63. The average Bonchev–Trinajstić information content (AvgIpc) is 2.30. The lowest BCUT2D eigenvalue weighted by atomic mass is 10.3. The highest BCUT2D eigenvalue weighted by atomic mass is 32.2. The van der Waals surface area contributed by atoms with E-state index < -0.39 is 16.0 Å². The third kappa shape index (κ3) is 2.52. The van der Waals surface area contributed by atoms with Gasteiger partial charge in [0.15, 0.2) is 0 Å². The van der Waals surface area contributed by atoms with Crippen molar-refractivity contribution in [2.45, 2.75) is 23.5 Å². The smallest absolute Gasteiger partial charge is 0.137 e. The van der Waals surface area contributed by atoms with Gasteiger partial charge in [-0.05, 0) is 18.6 Å². The molecule has 0 saturated carbocycles. The highest BCUT2D eigenvalue weighted by molar-refractivity contribution is 7.86. The summed E-state index contributed by atoms with van der Waals surface area (Å²) < 4.78 is 17.2. The summed E-state index contributed by atoms with van der Waals surface area (Å²) in [6.45, 7) is 1.83. The Morgan fingerprint density at radius 1 is 1.62 bits per heavy atom. The van der Waals surface area contributed by atoms with Crippen LogP contribution in [0.25, 0.3) is 0 Å². The molecule has 16 heavy (non-hydrogen) atoms. The van der Waals surface area contributed by atoms with Crippen LogP contribution in [0.4, 0.5) is 5.69 Å². The van der Waals surface area contributed by atoms with Gasteiger partial charge in [0.1, 0.15) is 11.0 Å². The lowest BCUT2D eigenvalue weighted by molar-refractivity contribution is 0.404. The van der Waals surface area contributed by atoms with Crippen molar-refractivity contribution in [3.05, 3.63) is 18.2 Å². The van der Waals surface area contributed by atoms with Crippen LogP contribution in [0.5, 0.6) is 5.75 Å². The van der Waals surface area contributed by atoms with Crippen molar-refractivity contribution < 1.29 is 8.95 Å². The van der Waals surface area contributed by atoms with Gasteiger partial charge in [-0.3, -0.25) is 4.21 Å². The van der Waals surface area contributed by atoms with Crippen molar-refractivity contribution in [1.82, 2.24) is 0 Å². The van der Waals surface area contributed by atoms with Crippen molar-refractivity contribution in [3.63, 3.8) is 0 Å². The molecule has 1 aromatic carbocycles. The fourth-order valence-corrected chi connectivity index (χ4v) is 2.54. The molecule has 0 aliphatic rings. The largest absolute Gasteiger partial charge is 0.495 e. The number of anilines is 1. The van der Waals surface area contributed by atoms with E-state index in [1.807, 2.05) is 13.0 Å². The molecular formula is C11H14N2O2S. The number of methoxy groups -OCH3 is 1. The zero-order valence-electron chi connectivity index (χ0n) is 9.27. The molecule has 2 atom stereocenters. The maximum absolute atomic E-state index is 12.1. The lowest BCUT2D eigenvalue weighted by Crippen LogP contribution is -2.12. The normalized spacial score (nSPS) is 13.8. The van der Waals surface area contributed by atoms with E-state index in [1.165, 1.54) is 7.11 Å². The molecule has 0 spiro atoms. The van der Waals surface area contributed by atoms with Crippen molar-refractivity contribution in [2.75, 3.05) is 12.8 Å². The first kappa shape index (κ1) is 12.5. The minimum absolute atomic E-state index is 0.465. The first-order valence-electron chi connectivity index (χ1n) is 4.87. The Morgan fingerprint density at radius 2 is 2.31 bits per heavy atom. The molecular weight excluding hydrogens is 224 g/mol. The highest BCUT2D eigenvalue weighted by Gasteiger charge is 2.19. The predicted molar refractivity (Wildman–Crippen MR) is 63.5 cm³/mol. The van der Waals surface area contributed by atoms with E-state index in [4.69, 9.17) is 15.7 Å². The monoisotopic (exact) mass is 238 g/mol. The third-order valence-electron chi connectivity index (χ3n) is 2.18. The summed E-state index contributed by atoms with van der Waals surface area (Å²) >= 11 is 0. The standard InChI is InChI=1S/C11H14N2O2S/c1-3-9(7-12)16(14)11-5-4-8(13)6-10(11)15-2/h4-6,9H,3,13H2,1-2H3. The number of hydrogen-bond donors (Lipinski definition) is 1. The SMILES string of the molecule is CCC(C#N)S(=O)c1ccc(N)cc1OC. The molecule has 0 amide bonds.